The van der Waals surface area contributed by atoms with Gasteiger partial charge in [-0.15, -0.1) is 0 Å². The minimum atomic E-state index is -1.38. The number of carbonyl (C=O) groups is 2. The number of carboxylic acids is 1. The molecule has 3 rings (SSSR count). The van der Waals surface area contributed by atoms with Gasteiger partial charge in [0.05, 0.1) is 12.7 Å². The van der Waals surface area contributed by atoms with E-state index in [-0.39, 0.29) is 12.5 Å². The van der Waals surface area contributed by atoms with Crippen molar-refractivity contribution in [2.24, 2.45) is 5.92 Å². The zero-order valence-electron chi connectivity index (χ0n) is 15.4. The number of carboxylic acid groups (broad SMARTS) is 1. The van der Waals surface area contributed by atoms with Crippen LogP contribution in [0.15, 0.2) is 48.5 Å². The molecule has 0 saturated carbocycles. The zero-order chi connectivity index (χ0) is 20.3. The molecule has 28 heavy (non-hydrogen) atoms. The molecule has 0 saturated heterocycles. The Morgan fingerprint density at radius 2 is 1.61 bits per heavy atom. The second kappa shape index (κ2) is 8.41. The monoisotopic (exact) mass is 385 g/mol. The number of benzene rings is 2. The number of hydrogen-bond acceptors (Lipinski definition) is 5. The van der Waals surface area contributed by atoms with Crippen LogP contribution in [0.2, 0.25) is 0 Å². The lowest BCUT2D eigenvalue weighted by molar-refractivity contribution is -0.142. The van der Waals surface area contributed by atoms with Gasteiger partial charge in [0, 0.05) is 11.8 Å². The lowest BCUT2D eigenvalue weighted by Crippen LogP contribution is -2.49. The zero-order valence-corrected chi connectivity index (χ0v) is 15.4. The van der Waals surface area contributed by atoms with Crippen molar-refractivity contribution in [2.45, 2.75) is 25.0 Å². The van der Waals surface area contributed by atoms with Gasteiger partial charge in [-0.25, -0.2) is 9.59 Å². The molecule has 2 aromatic carbocycles. The Balaban J connectivity index is 1.70. The Morgan fingerprint density at radius 3 is 2.11 bits per heavy atom. The van der Waals surface area contributed by atoms with Gasteiger partial charge >= 0.3 is 12.1 Å². The Bertz CT molecular complexity index is 822. The normalized spacial score (nSPS) is 15.8. The highest BCUT2D eigenvalue weighted by Gasteiger charge is 2.33. The molecule has 1 aliphatic rings. The van der Waals surface area contributed by atoms with Crippen molar-refractivity contribution in [1.82, 2.24) is 5.32 Å². The van der Waals surface area contributed by atoms with Crippen LogP contribution in [0.5, 0.6) is 0 Å². The Kier molecular flexibility index (Phi) is 5.96. The first kappa shape index (κ1) is 19.9. The van der Waals surface area contributed by atoms with E-state index in [0.717, 1.165) is 22.3 Å². The predicted molar refractivity (Wildman–Crippen MR) is 102 cm³/mol. The molecule has 4 N–H and O–H groups in total. The number of aliphatic hydroxyl groups is 2. The fraction of sp³-hybridized carbons (Fsp3) is 0.333. The summed E-state index contributed by atoms with van der Waals surface area (Å²) in [6.45, 7) is 0.893. The summed E-state index contributed by atoms with van der Waals surface area (Å²) in [6, 6.07) is 14.4. The molecule has 2 aromatic rings. The Morgan fingerprint density at radius 1 is 1.07 bits per heavy atom. The molecule has 3 atom stereocenters. The molecule has 0 fully saturated rings. The van der Waals surface area contributed by atoms with Gasteiger partial charge < -0.3 is 25.4 Å². The van der Waals surface area contributed by atoms with E-state index in [1.165, 1.54) is 6.92 Å². The molecular weight excluding hydrogens is 362 g/mol. The minimum absolute atomic E-state index is 0.0587. The summed E-state index contributed by atoms with van der Waals surface area (Å²) in [4.78, 5) is 23.6. The first-order valence-electron chi connectivity index (χ1n) is 9.07. The number of aliphatic carboxylic acids is 1. The van der Waals surface area contributed by atoms with E-state index in [4.69, 9.17) is 9.84 Å². The van der Waals surface area contributed by atoms with Gasteiger partial charge in [0.25, 0.3) is 0 Å². The maximum Gasteiger partial charge on any atom is 0.407 e. The third-order valence-electron chi connectivity index (χ3n) is 5.20. The summed E-state index contributed by atoms with van der Waals surface area (Å²) in [6.07, 6.45) is -2.15. The predicted octanol–water partition coefficient (Wildman–Crippen LogP) is 1.97. The number of nitrogens with one attached hydrogen (secondary N) is 1. The average molecular weight is 385 g/mol. The summed E-state index contributed by atoms with van der Waals surface area (Å²) in [7, 11) is 0. The van der Waals surface area contributed by atoms with Crippen LogP contribution in [0, 0.1) is 5.92 Å². The second-order valence-electron chi connectivity index (χ2n) is 6.89. The highest BCUT2D eigenvalue weighted by atomic mass is 16.5. The largest absolute Gasteiger partial charge is 0.480 e. The number of amides is 1. The first-order chi connectivity index (χ1) is 13.4. The number of hydrogen-bond donors (Lipinski definition) is 4. The van der Waals surface area contributed by atoms with E-state index in [1.54, 1.807) is 0 Å². The molecule has 1 aliphatic carbocycles. The number of ether oxygens (including phenoxy) is 1. The van der Waals surface area contributed by atoms with Gasteiger partial charge in [-0.05, 0) is 22.3 Å². The SMILES string of the molecule is C[C@@H](C(O)CO)[C@H](NC(=O)OCC1c2ccccc2-c2ccccc21)C(=O)O. The third kappa shape index (κ3) is 3.85. The number of rotatable bonds is 7. The molecule has 1 amide bonds. The highest BCUT2D eigenvalue weighted by Crippen LogP contribution is 2.44. The molecule has 0 aromatic heterocycles. The Hall–Kier alpha value is -2.90. The maximum atomic E-state index is 12.2. The number of carbonyl (C=O) groups excluding carboxylic acids is 1. The molecule has 0 spiro atoms. The summed E-state index contributed by atoms with van der Waals surface area (Å²) < 4.78 is 5.33. The number of fused-ring (bicyclic) bond motifs is 3. The lowest BCUT2D eigenvalue weighted by atomic mass is 9.96. The summed E-state index contributed by atoms with van der Waals surface area (Å²) in [5, 5.41) is 30.3. The van der Waals surface area contributed by atoms with Gasteiger partial charge in [0.2, 0.25) is 0 Å². The van der Waals surface area contributed by atoms with Crippen LogP contribution in [0.3, 0.4) is 0 Å². The summed E-state index contributed by atoms with van der Waals surface area (Å²) in [5.41, 5.74) is 4.29. The van der Waals surface area contributed by atoms with Crippen molar-refractivity contribution in [2.75, 3.05) is 13.2 Å². The van der Waals surface area contributed by atoms with Gasteiger partial charge in [-0.3, -0.25) is 0 Å². The molecule has 7 nitrogen and oxygen atoms in total. The standard InChI is InChI=1S/C21H23NO6/c1-12(18(24)10-23)19(20(25)26)22-21(27)28-11-17-15-8-4-2-6-13(15)14-7-3-5-9-16(14)17/h2-9,12,17-19,23-24H,10-11H2,1H3,(H,22,27)(H,25,26)/t12-,18?,19-/m0/s1. The van der Waals surface area contributed by atoms with Crippen LogP contribution in [0.1, 0.15) is 24.0 Å². The third-order valence-corrected chi connectivity index (χ3v) is 5.20. The molecule has 0 aliphatic heterocycles. The van der Waals surface area contributed by atoms with Crippen molar-refractivity contribution < 1.29 is 29.6 Å². The summed E-state index contributed by atoms with van der Waals surface area (Å²) in [5.74, 6) is -2.33. The Labute approximate surface area is 162 Å². The molecule has 7 heteroatoms. The quantitative estimate of drug-likeness (QED) is 0.579. The molecule has 0 bridgehead atoms. The minimum Gasteiger partial charge on any atom is -0.480 e. The number of aliphatic hydroxyl groups excluding tert-OH is 2. The van der Waals surface area contributed by atoms with Crippen molar-refractivity contribution >= 4 is 12.1 Å². The van der Waals surface area contributed by atoms with E-state index in [0.29, 0.717) is 0 Å². The van der Waals surface area contributed by atoms with E-state index >= 15 is 0 Å². The lowest BCUT2D eigenvalue weighted by Gasteiger charge is -2.24. The average Bonchev–Trinajstić information content (AvgIpc) is 3.03. The van der Waals surface area contributed by atoms with Crippen LogP contribution in [0.25, 0.3) is 11.1 Å². The van der Waals surface area contributed by atoms with Crippen LogP contribution in [-0.4, -0.2) is 52.7 Å². The molecule has 0 radical (unpaired) electrons. The summed E-state index contributed by atoms with van der Waals surface area (Å²) >= 11 is 0. The van der Waals surface area contributed by atoms with Crippen LogP contribution < -0.4 is 5.32 Å². The number of alkyl carbamates (subject to hydrolysis) is 1. The fourth-order valence-corrected chi connectivity index (χ4v) is 3.57. The topological polar surface area (TPSA) is 116 Å². The van der Waals surface area contributed by atoms with Crippen LogP contribution >= 0.6 is 0 Å². The fourth-order valence-electron chi connectivity index (χ4n) is 3.57. The van der Waals surface area contributed by atoms with Gasteiger partial charge in [0.1, 0.15) is 12.6 Å². The van der Waals surface area contributed by atoms with Crippen LogP contribution in [0.4, 0.5) is 4.79 Å². The molecule has 148 valence electrons. The first-order valence-corrected chi connectivity index (χ1v) is 9.07. The van der Waals surface area contributed by atoms with Crippen molar-refractivity contribution in [3.63, 3.8) is 0 Å². The highest BCUT2D eigenvalue weighted by molar-refractivity contribution is 5.81. The molecular formula is C21H23NO6. The van der Waals surface area contributed by atoms with E-state index in [9.17, 15) is 19.8 Å². The van der Waals surface area contributed by atoms with Gasteiger partial charge in [0.15, 0.2) is 0 Å². The molecule has 1 unspecified atom stereocenters. The van der Waals surface area contributed by atoms with Crippen molar-refractivity contribution in [3.05, 3.63) is 59.7 Å². The smallest absolute Gasteiger partial charge is 0.407 e. The van der Waals surface area contributed by atoms with E-state index < -0.39 is 36.7 Å². The molecule has 0 heterocycles. The van der Waals surface area contributed by atoms with E-state index in [2.05, 4.69) is 5.32 Å². The van der Waals surface area contributed by atoms with Gasteiger partial charge in [-0.2, -0.15) is 0 Å². The maximum absolute atomic E-state index is 12.2. The van der Waals surface area contributed by atoms with E-state index in [1.807, 2.05) is 48.5 Å². The second-order valence-corrected chi connectivity index (χ2v) is 6.89. The van der Waals surface area contributed by atoms with Crippen LogP contribution in [-0.2, 0) is 9.53 Å². The van der Waals surface area contributed by atoms with Crippen molar-refractivity contribution in [3.8, 4) is 11.1 Å². The van der Waals surface area contributed by atoms with Crippen molar-refractivity contribution in [1.29, 1.82) is 0 Å². The van der Waals surface area contributed by atoms with Gasteiger partial charge in [-0.1, -0.05) is 55.5 Å².